The first kappa shape index (κ1) is 20.2. The van der Waals surface area contributed by atoms with Crippen LogP contribution in [0.3, 0.4) is 0 Å². The van der Waals surface area contributed by atoms with Crippen LogP contribution in [0.5, 0.6) is 0 Å². The summed E-state index contributed by atoms with van der Waals surface area (Å²) in [6.07, 6.45) is 0.860. The van der Waals surface area contributed by atoms with Gasteiger partial charge in [0.05, 0.1) is 0 Å². The second kappa shape index (κ2) is 8.73. The van der Waals surface area contributed by atoms with Crippen molar-refractivity contribution in [2.24, 2.45) is 0 Å². The molecule has 0 bridgehead atoms. The predicted octanol–water partition coefficient (Wildman–Crippen LogP) is 6.66. The number of para-hydroxylation sites is 1. The van der Waals surface area contributed by atoms with Crippen molar-refractivity contribution in [1.82, 2.24) is 4.81 Å². The molecule has 0 saturated carbocycles. The van der Waals surface area contributed by atoms with Crippen LogP contribution in [0.15, 0.2) is 91.0 Å². The summed E-state index contributed by atoms with van der Waals surface area (Å²) < 4.78 is 0. The van der Waals surface area contributed by atoms with E-state index in [9.17, 15) is 4.79 Å². The Kier molecular flexibility index (Phi) is 5.88. The smallest absolute Gasteiger partial charge is 0.206 e. The zero-order valence-electron chi connectivity index (χ0n) is 16.8. The molecule has 0 unspecified atom stereocenters. The van der Waals surface area contributed by atoms with E-state index in [1.54, 1.807) is 25.6 Å². The van der Waals surface area contributed by atoms with Gasteiger partial charge in [-0.05, 0) is 35.4 Å². The Hall–Kier alpha value is -3.09. The largest absolute Gasteiger partial charge is 0.298 e. The molecule has 0 aliphatic carbocycles. The van der Waals surface area contributed by atoms with Crippen LogP contribution in [-0.4, -0.2) is 20.5 Å². The SMILES string of the molecule is CO[N+](OC)(c1ccccc1)c1ccc(-c2ccc(-c3ccc(C=O)cc3)s2)cc1. The van der Waals surface area contributed by atoms with Crippen molar-refractivity contribution in [2.75, 3.05) is 14.2 Å². The number of thiophene rings is 1. The highest BCUT2D eigenvalue weighted by Gasteiger charge is 2.36. The molecule has 0 fully saturated rings. The highest BCUT2D eigenvalue weighted by molar-refractivity contribution is 7.18. The average Bonchev–Trinajstić information content (AvgIpc) is 3.32. The number of hydrogen-bond donors (Lipinski definition) is 0. The lowest BCUT2D eigenvalue weighted by Gasteiger charge is -2.28. The average molecular weight is 417 g/mol. The number of rotatable bonds is 7. The summed E-state index contributed by atoms with van der Waals surface area (Å²) in [6, 6.07) is 29.9. The molecule has 0 saturated heterocycles. The van der Waals surface area contributed by atoms with Gasteiger partial charge in [-0.25, -0.2) is 0 Å². The fourth-order valence-electron chi connectivity index (χ4n) is 3.47. The first-order valence-electron chi connectivity index (χ1n) is 9.53. The molecule has 0 amide bonds. The summed E-state index contributed by atoms with van der Waals surface area (Å²) in [4.78, 5) is 24.6. The first-order valence-corrected chi connectivity index (χ1v) is 10.3. The molecular formula is C25H22NO3S+. The van der Waals surface area contributed by atoms with Crippen molar-refractivity contribution >= 4 is 29.0 Å². The Labute approximate surface area is 180 Å². The second-order valence-corrected chi connectivity index (χ2v) is 7.79. The highest BCUT2D eigenvalue weighted by atomic mass is 32.1. The Morgan fingerprint density at radius 3 is 1.67 bits per heavy atom. The zero-order valence-corrected chi connectivity index (χ0v) is 17.6. The Balaban J connectivity index is 1.63. The van der Waals surface area contributed by atoms with Crippen molar-refractivity contribution in [2.45, 2.75) is 0 Å². The maximum Gasteiger partial charge on any atom is 0.206 e. The van der Waals surface area contributed by atoms with Gasteiger partial charge in [0.1, 0.15) is 20.5 Å². The molecule has 4 aromatic rings. The summed E-state index contributed by atoms with van der Waals surface area (Å²) in [5.74, 6) is 0. The van der Waals surface area contributed by atoms with Gasteiger partial charge in [-0.3, -0.25) is 4.79 Å². The summed E-state index contributed by atoms with van der Waals surface area (Å²) in [7, 11) is 3.26. The predicted molar refractivity (Wildman–Crippen MR) is 122 cm³/mol. The Morgan fingerprint density at radius 1 is 0.667 bits per heavy atom. The molecule has 0 atom stereocenters. The third-order valence-corrected chi connectivity index (χ3v) is 6.22. The summed E-state index contributed by atoms with van der Waals surface area (Å²) in [6.45, 7) is 0. The number of hydrogen-bond acceptors (Lipinski definition) is 4. The zero-order chi connectivity index (χ0) is 21.0. The summed E-state index contributed by atoms with van der Waals surface area (Å²) >= 11 is 1.72. The molecule has 3 aromatic carbocycles. The quantitative estimate of drug-likeness (QED) is 0.192. The molecule has 4 rings (SSSR count). The van der Waals surface area contributed by atoms with Gasteiger partial charge in [-0.1, -0.05) is 42.5 Å². The van der Waals surface area contributed by atoms with Crippen LogP contribution in [0.2, 0.25) is 0 Å². The number of benzene rings is 3. The normalized spacial score (nSPS) is 11.4. The van der Waals surface area contributed by atoms with Crippen LogP contribution >= 0.6 is 11.3 Å². The van der Waals surface area contributed by atoms with E-state index in [0.29, 0.717) is 5.56 Å². The van der Waals surface area contributed by atoms with Crippen molar-refractivity contribution in [3.63, 3.8) is 0 Å². The molecule has 1 heterocycles. The number of carbonyl (C=O) groups is 1. The maximum atomic E-state index is 10.9. The third kappa shape index (κ3) is 3.72. The van der Waals surface area contributed by atoms with E-state index in [1.165, 1.54) is 4.88 Å². The fraction of sp³-hybridized carbons (Fsp3) is 0.0800. The van der Waals surface area contributed by atoms with E-state index in [4.69, 9.17) is 9.68 Å². The van der Waals surface area contributed by atoms with E-state index >= 15 is 0 Å². The molecule has 0 aliphatic rings. The third-order valence-electron chi connectivity index (χ3n) is 5.04. The molecule has 0 N–H and O–H groups in total. The summed E-state index contributed by atoms with van der Waals surface area (Å²) in [5, 5.41) is 0. The molecule has 5 heteroatoms. The first-order chi connectivity index (χ1) is 14.7. The summed E-state index contributed by atoms with van der Waals surface area (Å²) in [5.41, 5.74) is 4.66. The van der Waals surface area contributed by atoms with Gasteiger partial charge in [0.25, 0.3) is 0 Å². The van der Waals surface area contributed by atoms with Crippen LogP contribution < -0.4 is 4.81 Å². The molecular weight excluding hydrogens is 394 g/mol. The minimum Gasteiger partial charge on any atom is -0.298 e. The fourth-order valence-corrected chi connectivity index (χ4v) is 4.48. The maximum absolute atomic E-state index is 10.9. The molecule has 0 spiro atoms. The van der Waals surface area contributed by atoms with Crippen molar-refractivity contribution in [1.29, 1.82) is 0 Å². The van der Waals surface area contributed by atoms with Crippen molar-refractivity contribution < 1.29 is 14.5 Å². The van der Waals surface area contributed by atoms with Crippen LogP contribution in [0.25, 0.3) is 20.9 Å². The highest BCUT2D eigenvalue weighted by Crippen LogP contribution is 2.38. The van der Waals surface area contributed by atoms with E-state index in [2.05, 4.69) is 24.3 Å². The molecule has 30 heavy (non-hydrogen) atoms. The number of aldehydes is 1. The van der Waals surface area contributed by atoms with Gasteiger partial charge in [-0.2, -0.15) is 9.68 Å². The van der Waals surface area contributed by atoms with Gasteiger partial charge in [0.15, 0.2) is 0 Å². The minimum absolute atomic E-state index is 0.153. The van der Waals surface area contributed by atoms with Crippen molar-refractivity contribution in [3.8, 4) is 20.9 Å². The van der Waals surface area contributed by atoms with Crippen LogP contribution in [0.1, 0.15) is 10.4 Å². The minimum atomic E-state index is -0.153. The number of carbonyl (C=O) groups excluding carboxylic acids is 1. The molecule has 0 radical (unpaired) electrons. The lowest BCUT2D eigenvalue weighted by Crippen LogP contribution is -2.41. The molecule has 1 aromatic heterocycles. The molecule has 0 aliphatic heterocycles. The monoisotopic (exact) mass is 416 g/mol. The Morgan fingerprint density at radius 2 is 1.17 bits per heavy atom. The van der Waals surface area contributed by atoms with Crippen LogP contribution in [-0.2, 0) is 9.68 Å². The van der Waals surface area contributed by atoms with Gasteiger partial charge in [0, 0.05) is 44.4 Å². The lowest BCUT2D eigenvalue weighted by molar-refractivity contribution is -0.286. The molecule has 150 valence electrons. The number of quaternary nitrogens is 1. The van der Waals surface area contributed by atoms with Crippen LogP contribution in [0, 0.1) is 0 Å². The van der Waals surface area contributed by atoms with E-state index in [-0.39, 0.29) is 4.81 Å². The van der Waals surface area contributed by atoms with E-state index in [0.717, 1.165) is 33.7 Å². The van der Waals surface area contributed by atoms with Gasteiger partial charge >= 0.3 is 0 Å². The standard InChI is InChI=1S/C25H22NO3S/c1-28-26(29-2,22-6-4-3-5-7-22)23-14-12-21(13-15-23)25-17-16-24(30-25)20-10-8-19(18-27)9-11-20/h3-18H,1-2H3/q+1. The Bertz CT molecular complexity index is 1120. The number of nitrogens with zero attached hydrogens (tertiary/aromatic N) is 1. The molecule has 4 nitrogen and oxygen atoms in total. The van der Waals surface area contributed by atoms with Gasteiger partial charge in [-0.15, -0.1) is 11.3 Å². The van der Waals surface area contributed by atoms with Gasteiger partial charge in [0.2, 0.25) is 11.4 Å². The topological polar surface area (TPSA) is 35.5 Å². The van der Waals surface area contributed by atoms with Crippen LogP contribution in [0.4, 0.5) is 11.4 Å². The van der Waals surface area contributed by atoms with E-state index < -0.39 is 0 Å². The lowest BCUT2D eigenvalue weighted by atomic mass is 10.1. The second-order valence-electron chi connectivity index (χ2n) is 6.70. The van der Waals surface area contributed by atoms with Crippen molar-refractivity contribution in [3.05, 3.63) is 96.6 Å². The van der Waals surface area contributed by atoms with E-state index in [1.807, 2.05) is 66.7 Å². The van der Waals surface area contributed by atoms with Gasteiger partial charge < -0.3 is 0 Å².